The number of alkyl halides is 3. The van der Waals surface area contributed by atoms with Crippen molar-refractivity contribution in [3.8, 4) is 0 Å². The molecular formula is C14H25F3IN3. The zero-order valence-electron chi connectivity index (χ0n) is 12.4. The smallest absolute Gasteiger partial charge is 0.354 e. The summed E-state index contributed by atoms with van der Waals surface area (Å²) < 4.78 is 37.9. The van der Waals surface area contributed by atoms with Crippen molar-refractivity contribution in [1.29, 1.82) is 0 Å². The first-order valence-corrected chi connectivity index (χ1v) is 7.63. The van der Waals surface area contributed by atoms with Gasteiger partial charge in [-0.3, -0.25) is 4.99 Å². The van der Waals surface area contributed by atoms with Crippen molar-refractivity contribution in [2.24, 2.45) is 10.9 Å². The maximum absolute atomic E-state index is 12.6. The molecule has 2 saturated carbocycles. The number of halogens is 4. The first-order valence-electron chi connectivity index (χ1n) is 7.63. The quantitative estimate of drug-likeness (QED) is 0.415. The van der Waals surface area contributed by atoms with Gasteiger partial charge in [0.25, 0.3) is 0 Å². The van der Waals surface area contributed by atoms with Crippen LogP contribution in [0.15, 0.2) is 4.99 Å². The lowest BCUT2D eigenvalue weighted by Crippen LogP contribution is -2.50. The van der Waals surface area contributed by atoms with Crippen LogP contribution in [0.2, 0.25) is 0 Å². The maximum atomic E-state index is 12.6. The van der Waals surface area contributed by atoms with E-state index >= 15 is 0 Å². The molecule has 0 unspecified atom stereocenters. The molecule has 3 nitrogen and oxygen atoms in total. The summed E-state index contributed by atoms with van der Waals surface area (Å²) in [5, 5.41) is 6.66. The van der Waals surface area contributed by atoms with Crippen LogP contribution < -0.4 is 10.6 Å². The van der Waals surface area contributed by atoms with E-state index in [0.29, 0.717) is 25.4 Å². The average Bonchev–Trinajstić information content (AvgIpc) is 2.33. The molecule has 0 radical (unpaired) electrons. The highest BCUT2D eigenvalue weighted by atomic mass is 127. The van der Waals surface area contributed by atoms with Crippen LogP contribution in [-0.4, -0.2) is 30.8 Å². The Hall–Kier alpha value is -0.210. The summed E-state index contributed by atoms with van der Waals surface area (Å²) in [5.41, 5.74) is 0. The molecule has 0 aromatic heterocycles. The van der Waals surface area contributed by atoms with Crippen LogP contribution in [0.3, 0.4) is 0 Å². The van der Waals surface area contributed by atoms with Crippen LogP contribution in [0, 0.1) is 5.92 Å². The molecule has 2 rings (SSSR count). The molecule has 0 atom stereocenters. The van der Waals surface area contributed by atoms with Crippen LogP contribution in [0.4, 0.5) is 13.2 Å². The molecule has 21 heavy (non-hydrogen) atoms. The average molecular weight is 419 g/mol. The summed E-state index contributed by atoms with van der Waals surface area (Å²) >= 11 is 0. The minimum atomic E-state index is -4.03. The van der Waals surface area contributed by atoms with Gasteiger partial charge < -0.3 is 10.6 Å². The highest BCUT2D eigenvalue weighted by Gasteiger charge is 2.41. The molecule has 2 aliphatic carbocycles. The van der Waals surface area contributed by atoms with Crippen LogP contribution in [-0.2, 0) is 0 Å². The third-order valence-electron chi connectivity index (χ3n) is 4.29. The Morgan fingerprint density at radius 3 is 1.90 bits per heavy atom. The van der Waals surface area contributed by atoms with Gasteiger partial charge in [-0.1, -0.05) is 0 Å². The number of nitrogens with one attached hydrogen (secondary N) is 2. The van der Waals surface area contributed by atoms with Crippen LogP contribution in [0.5, 0.6) is 0 Å². The lowest BCUT2D eigenvalue weighted by atomic mass is 9.85. The molecule has 2 aliphatic rings. The van der Waals surface area contributed by atoms with Crippen molar-refractivity contribution in [3.63, 3.8) is 0 Å². The Labute approximate surface area is 141 Å². The molecule has 0 aromatic carbocycles. The van der Waals surface area contributed by atoms with E-state index in [-0.39, 0.29) is 42.9 Å². The molecule has 124 valence electrons. The molecule has 0 saturated heterocycles. The van der Waals surface area contributed by atoms with E-state index in [1.54, 1.807) is 0 Å². The van der Waals surface area contributed by atoms with E-state index in [4.69, 9.17) is 0 Å². The minimum Gasteiger partial charge on any atom is -0.354 e. The summed E-state index contributed by atoms with van der Waals surface area (Å²) in [5.74, 6) is -0.348. The second-order valence-corrected chi connectivity index (χ2v) is 5.83. The fourth-order valence-electron chi connectivity index (χ4n) is 2.80. The Morgan fingerprint density at radius 2 is 1.52 bits per heavy atom. The first-order chi connectivity index (χ1) is 9.49. The van der Waals surface area contributed by atoms with Gasteiger partial charge in [-0.05, 0) is 51.9 Å². The highest BCUT2D eigenvalue weighted by molar-refractivity contribution is 14.0. The summed E-state index contributed by atoms with van der Waals surface area (Å²) in [6, 6.07) is 0.603. The number of aliphatic imine (C=N–C) groups is 1. The van der Waals surface area contributed by atoms with Crippen LogP contribution in [0.25, 0.3) is 0 Å². The standard InChI is InChI=1S/C14H24F3N3.HI/c1-2-18-13(19-11-4-3-5-11)20-12-8-6-10(7-9-12)14(15,16)17;/h10-12H,2-9H2,1H3,(H2,18,19,20);1H. The number of rotatable bonds is 3. The molecule has 0 bridgehead atoms. The number of guanidine groups is 1. The Balaban J connectivity index is 0.00000220. The molecule has 0 aromatic rings. The van der Waals surface area contributed by atoms with Gasteiger partial charge in [0.2, 0.25) is 0 Å². The summed E-state index contributed by atoms with van der Waals surface area (Å²) in [6.07, 6.45) is 1.12. The third kappa shape index (κ3) is 5.83. The SMILES string of the molecule is CCN=C(NC1CCC1)NC1CCC(C(F)(F)F)CC1.I. The summed E-state index contributed by atoms with van der Waals surface area (Å²) in [4.78, 5) is 4.38. The maximum Gasteiger partial charge on any atom is 0.391 e. The zero-order chi connectivity index (χ0) is 14.6. The number of hydrogen-bond acceptors (Lipinski definition) is 1. The second kappa shape index (κ2) is 8.43. The Morgan fingerprint density at radius 1 is 1.00 bits per heavy atom. The van der Waals surface area contributed by atoms with Crippen molar-refractivity contribution in [2.75, 3.05) is 6.54 Å². The molecule has 0 spiro atoms. The van der Waals surface area contributed by atoms with Gasteiger partial charge in [0.15, 0.2) is 5.96 Å². The van der Waals surface area contributed by atoms with Gasteiger partial charge in [-0.25, -0.2) is 0 Å². The van der Waals surface area contributed by atoms with E-state index in [1.807, 2.05) is 6.92 Å². The Bertz CT molecular complexity index is 335. The van der Waals surface area contributed by atoms with E-state index in [2.05, 4.69) is 15.6 Å². The van der Waals surface area contributed by atoms with Crippen molar-refractivity contribution >= 4 is 29.9 Å². The molecule has 0 amide bonds. The Kier molecular flexibility index (Phi) is 7.56. The molecular weight excluding hydrogens is 394 g/mol. The van der Waals surface area contributed by atoms with Gasteiger partial charge in [-0.2, -0.15) is 13.2 Å². The van der Waals surface area contributed by atoms with E-state index < -0.39 is 12.1 Å². The normalized spacial score (nSPS) is 27.5. The molecule has 2 fully saturated rings. The fraction of sp³-hybridized carbons (Fsp3) is 0.929. The van der Waals surface area contributed by atoms with Crippen LogP contribution in [0.1, 0.15) is 51.9 Å². The second-order valence-electron chi connectivity index (χ2n) is 5.83. The summed E-state index contributed by atoms with van der Waals surface area (Å²) in [7, 11) is 0. The van der Waals surface area contributed by atoms with Gasteiger partial charge in [0.1, 0.15) is 0 Å². The van der Waals surface area contributed by atoms with Crippen molar-refractivity contribution < 1.29 is 13.2 Å². The molecule has 0 heterocycles. The van der Waals surface area contributed by atoms with Gasteiger partial charge in [-0.15, -0.1) is 24.0 Å². The molecule has 2 N–H and O–H groups in total. The number of nitrogens with zero attached hydrogens (tertiary/aromatic N) is 1. The van der Waals surface area contributed by atoms with E-state index in [1.165, 1.54) is 6.42 Å². The van der Waals surface area contributed by atoms with Gasteiger partial charge >= 0.3 is 6.18 Å². The lowest BCUT2D eigenvalue weighted by Gasteiger charge is -2.33. The fourth-order valence-corrected chi connectivity index (χ4v) is 2.80. The predicted octanol–water partition coefficient (Wildman–Crippen LogP) is 3.83. The predicted molar refractivity (Wildman–Crippen MR) is 89.1 cm³/mol. The van der Waals surface area contributed by atoms with Gasteiger partial charge in [0, 0.05) is 18.6 Å². The number of hydrogen-bond donors (Lipinski definition) is 2. The van der Waals surface area contributed by atoms with E-state index in [9.17, 15) is 13.2 Å². The zero-order valence-corrected chi connectivity index (χ0v) is 14.7. The van der Waals surface area contributed by atoms with Crippen LogP contribution >= 0.6 is 24.0 Å². The third-order valence-corrected chi connectivity index (χ3v) is 4.29. The van der Waals surface area contributed by atoms with Gasteiger partial charge in [0.05, 0.1) is 5.92 Å². The highest BCUT2D eigenvalue weighted by Crippen LogP contribution is 2.37. The molecule has 7 heteroatoms. The van der Waals surface area contributed by atoms with Crippen molar-refractivity contribution in [3.05, 3.63) is 0 Å². The monoisotopic (exact) mass is 419 g/mol. The molecule has 0 aliphatic heterocycles. The lowest BCUT2D eigenvalue weighted by molar-refractivity contribution is -0.182. The first kappa shape index (κ1) is 18.8. The van der Waals surface area contributed by atoms with Crippen molar-refractivity contribution in [1.82, 2.24) is 10.6 Å². The summed E-state index contributed by atoms with van der Waals surface area (Å²) in [6.45, 7) is 2.64. The largest absolute Gasteiger partial charge is 0.391 e. The van der Waals surface area contributed by atoms with E-state index in [0.717, 1.165) is 18.8 Å². The van der Waals surface area contributed by atoms with Crippen molar-refractivity contribution in [2.45, 2.75) is 70.1 Å². The topological polar surface area (TPSA) is 36.4 Å². The minimum absolute atomic E-state index is 0.